The lowest BCUT2D eigenvalue weighted by molar-refractivity contribution is 0.869. The number of halogens is 2. The van der Waals surface area contributed by atoms with Crippen LogP contribution in [0.3, 0.4) is 0 Å². The second-order valence-corrected chi connectivity index (χ2v) is 5.03. The van der Waals surface area contributed by atoms with Gasteiger partial charge in [0.05, 0.1) is 0 Å². The molecule has 1 heterocycles. The third-order valence-corrected chi connectivity index (χ3v) is 3.42. The average molecular weight is 285 g/mol. The van der Waals surface area contributed by atoms with Crippen molar-refractivity contribution >= 4 is 38.3 Å². The largest absolute Gasteiger partial charge is 0.244 e. The van der Waals surface area contributed by atoms with Crippen LogP contribution in [0.1, 0.15) is 25.3 Å². The number of hydrogen-bond acceptors (Lipinski definition) is 1. The first-order chi connectivity index (χ1) is 7.11. The van der Waals surface area contributed by atoms with Crippen LogP contribution in [0.15, 0.2) is 28.9 Å². The van der Waals surface area contributed by atoms with Crippen LogP contribution in [0.25, 0.3) is 10.8 Å². The van der Waals surface area contributed by atoms with Crippen molar-refractivity contribution in [1.82, 2.24) is 4.98 Å². The van der Waals surface area contributed by atoms with Gasteiger partial charge in [0.1, 0.15) is 5.15 Å². The molecule has 0 unspecified atom stereocenters. The first-order valence-electron chi connectivity index (χ1n) is 4.84. The minimum atomic E-state index is 0.451. The van der Waals surface area contributed by atoms with E-state index in [0.29, 0.717) is 11.1 Å². The van der Waals surface area contributed by atoms with Crippen molar-refractivity contribution in [2.75, 3.05) is 0 Å². The third kappa shape index (κ3) is 1.88. The number of pyridine rings is 1. The summed E-state index contributed by atoms with van der Waals surface area (Å²) in [6.07, 6.45) is 1.86. The van der Waals surface area contributed by atoms with E-state index in [2.05, 4.69) is 40.8 Å². The molecule has 0 radical (unpaired) electrons. The van der Waals surface area contributed by atoms with E-state index in [0.717, 1.165) is 9.86 Å². The summed E-state index contributed by atoms with van der Waals surface area (Å²) in [6, 6.07) is 6.09. The van der Waals surface area contributed by atoms with Gasteiger partial charge >= 0.3 is 0 Å². The van der Waals surface area contributed by atoms with E-state index in [1.54, 1.807) is 0 Å². The van der Waals surface area contributed by atoms with Crippen molar-refractivity contribution in [3.63, 3.8) is 0 Å². The van der Waals surface area contributed by atoms with Gasteiger partial charge in [0.25, 0.3) is 0 Å². The number of benzene rings is 1. The van der Waals surface area contributed by atoms with Crippen LogP contribution in [-0.4, -0.2) is 4.98 Å². The highest BCUT2D eigenvalue weighted by Crippen LogP contribution is 2.33. The molecule has 0 bridgehead atoms. The predicted octanol–water partition coefficient (Wildman–Crippen LogP) is 4.77. The second kappa shape index (κ2) is 4.11. The Labute approximate surface area is 103 Å². The normalized spacial score (nSPS) is 11.3. The number of rotatable bonds is 1. The lowest BCUT2D eigenvalue weighted by Gasteiger charge is -2.11. The molecule has 0 aliphatic rings. The Morgan fingerprint density at radius 2 is 2.07 bits per heavy atom. The van der Waals surface area contributed by atoms with E-state index in [1.807, 2.05) is 18.3 Å². The van der Waals surface area contributed by atoms with Gasteiger partial charge in [-0.1, -0.05) is 53.5 Å². The van der Waals surface area contributed by atoms with Crippen molar-refractivity contribution in [3.8, 4) is 0 Å². The Bertz CT molecular complexity index is 500. The number of fused-ring (bicyclic) bond motifs is 1. The van der Waals surface area contributed by atoms with Crippen molar-refractivity contribution in [1.29, 1.82) is 0 Å². The van der Waals surface area contributed by atoms with Gasteiger partial charge in [-0.3, -0.25) is 0 Å². The Morgan fingerprint density at radius 1 is 1.33 bits per heavy atom. The predicted molar refractivity (Wildman–Crippen MR) is 68.5 cm³/mol. The van der Waals surface area contributed by atoms with Crippen molar-refractivity contribution in [2.24, 2.45) is 0 Å². The van der Waals surface area contributed by atoms with Gasteiger partial charge in [0.2, 0.25) is 0 Å². The fourth-order valence-electron chi connectivity index (χ4n) is 1.69. The maximum Gasteiger partial charge on any atom is 0.137 e. The second-order valence-electron chi connectivity index (χ2n) is 3.82. The zero-order chi connectivity index (χ0) is 11.0. The summed E-state index contributed by atoms with van der Waals surface area (Å²) in [5.41, 5.74) is 1.23. The molecule has 0 fully saturated rings. The molecular formula is C12H11BrClN. The molecular weight excluding hydrogens is 273 g/mol. The Balaban J connectivity index is 2.89. The van der Waals surface area contributed by atoms with Gasteiger partial charge < -0.3 is 0 Å². The Morgan fingerprint density at radius 3 is 2.73 bits per heavy atom. The van der Waals surface area contributed by atoms with Crippen LogP contribution in [0.5, 0.6) is 0 Å². The third-order valence-electron chi connectivity index (χ3n) is 2.47. The van der Waals surface area contributed by atoms with Crippen LogP contribution < -0.4 is 0 Å². The molecule has 0 amide bonds. The van der Waals surface area contributed by atoms with Gasteiger partial charge in [-0.05, 0) is 22.9 Å². The standard InChI is InChI=1S/C12H11BrClN/c1-7(2)9-6-15-12(14)11-8(9)4-3-5-10(11)13/h3-7H,1-2H3. The lowest BCUT2D eigenvalue weighted by Crippen LogP contribution is -1.92. The summed E-state index contributed by atoms with van der Waals surface area (Å²) in [6.45, 7) is 4.32. The van der Waals surface area contributed by atoms with Crippen LogP contribution in [-0.2, 0) is 0 Å². The average Bonchev–Trinajstić information content (AvgIpc) is 2.17. The lowest BCUT2D eigenvalue weighted by atomic mass is 9.99. The molecule has 0 aliphatic carbocycles. The highest BCUT2D eigenvalue weighted by molar-refractivity contribution is 9.10. The number of nitrogens with zero attached hydrogens (tertiary/aromatic N) is 1. The smallest absolute Gasteiger partial charge is 0.137 e. The fourth-order valence-corrected chi connectivity index (χ4v) is 2.62. The Kier molecular flexibility index (Phi) is 2.98. The summed E-state index contributed by atoms with van der Waals surface area (Å²) >= 11 is 9.60. The van der Waals surface area contributed by atoms with E-state index >= 15 is 0 Å². The van der Waals surface area contributed by atoms with E-state index in [-0.39, 0.29) is 0 Å². The number of hydrogen-bond donors (Lipinski definition) is 0. The van der Waals surface area contributed by atoms with Gasteiger partial charge in [-0.15, -0.1) is 0 Å². The van der Waals surface area contributed by atoms with Crippen molar-refractivity contribution < 1.29 is 0 Å². The van der Waals surface area contributed by atoms with Crippen LogP contribution in [0, 0.1) is 0 Å². The molecule has 1 aromatic carbocycles. The minimum Gasteiger partial charge on any atom is -0.244 e. The molecule has 2 rings (SSSR count). The summed E-state index contributed by atoms with van der Waals surface area (Å²) in [4.78, 5) is 4.22. The van der Waals surface area contributed by atoms with E-state index < -0.39 is 0 Å². The van der Waals surface area contributed by atoms with Gasteiger partial charge in [-0.2, -0.15) is 0 Å². The Hall–Kier alpha value is -0.600. The SMILES string of the molecule is CC(C)c1cnc(Cl)c2c(Br)cccc12. The van der Waals surface area contributed by atoms with Gasteiger partial charge in [-0.25, -0.2) is 4.98 Å². The summed E-state index contributed by atoms with van der Waals surface area (Å²) < 4.78 is 1.00. The minimum absolute atomic E-state index is 0.451. The quantitative estimate of drug-likeness (QED) is 0.687. The molecule has 2 aromatic rings. The van der Waals surface area contributed by atoms with Gasteiger partial charge in [0, 0.05) is 16.1 Å². The first-order valence-corrected chi connectivity index (χ1v) is 6.01. The van der Waals surface area contributed by atoms with Crippen LogP contribution in [0.4, 0.5) is 0 Å². The molecule has 0 saturated heterocycles. The summed E-state index contributed by atoms with van der Waals surface area (Å²) in [7, 11) is 0. The zero-order valence-electron chi connectivity index (χ0n) is 8.59. The monoisotopic (exact) mass is 283 g/mol. The van der Waals surface area contributed by atoms with Crippen LogP contribution in [0.2, 0.25) is 5.15 Å². The number of aromatic nitrogens is 1. The first kappa shape index (κ1) is 10.9. The molecule has 3 heteroatoms. The summed E-state index contributed by atoms with van der Waals surface area (Å²) in [5, 5.41) is 2.74. The molecule has 1 aromatic heterocycles. The summed E-state index contributed by atoms with van der Waals surface area (Å²) in [5.74, 6) is 0.451. The van der Waals surface area contributed by atoms with Crippen LogP contribution >= 0.6 is 27.5 Å². The van der Waals surface area contributed by atoms with Crippen molar-refractivity contribution in [2.45, 2.75) is 19.8 Å². The topological polar surface area (TPSA) is 12.9 Å². The maximum atomic E-state index is 6.10. The molecule has 78 valence electrons. The van der Waals surface area contributed by atoms with E-state index in [4.69, 9.17) is 11.6 Å². The molecule has 1 nitrogen and oxygen atoms in total. The fraction of sp³-hybridized carbons (Fsp3) is 0.250. The highest BCUT2D eigenvalue weighted by atomic mass is 79.9. The molecule has 0 spiro atoms. The van der Waals surface area contributed by atoms with Gasteiger partial charge in [0.15, 0.2) is 0 Å². The molecule has 0 atom stereocenters. The maximum absolute atomic E-state index is 6.10. The van der Waals surface area contributed by atoms with E-state index in [1.165, 1.54) is 10.9 Å². The molecule has 0 saturated carbocycles. The van der Waals surface area contributed by atoms with Crippen molar-refractivity contribution in [3.05, 3.63) is 39.6 Å². The molecule has 15 heavy (non-hydrogen) atoms. The van der Waals surface area contributed by atoms with E-state index in [9.17, 15) is 0 Å². The molecule has 0 N–H and O–H groups in total. The zero-order valence-corrected chi connectivity index (χ0v) is 10.9. The highest BCUT2D eigenvalue weighted by Gasteiger charge is 2.10. The molecule has 0 aliphatic heterocycles.